The Balaban J connectivity index is 2.21. The largest absolute Gasteiger partial charge is 0.332 e. The second kappa shape index (κ2) is 11.4. The zero-order chi connectivity index (χ0) is 24.0. The van der Waals surface area contributed by atoms with Crippen molar-refractivity contribution in [3.8, 4) is 5.69 Å². The van der Waals surface area contributed by atoms with Crippen LogP contribution in [0.4, 0.5) is 4.39 Å². The van der Waals surface area contributed by atoms with Crippen LogP contribution in [0.3, 0.4) is 0 Å². The topological polar surface area (TPSA) is 55.2 Å². The molecule has 33 heavy (non-hydrogen) atoms. The van der Waals surface area contributed by atoms with Crippen LogP contribution in [0, 0.1) is 11.7 Å². The maximum atomic E-state index is 13.6. The molecule has 0 aliphatic rings. The summed E-state index contributed by atoms with van der Waals surface area (Å²) in [6.07, 6.45) is 2.34. The van der Waals surface area contributed by atoms with Gasteiger partial charge in [-0.1, -0.05) is 32.9 Å². The minimum Gasteiger partial charge on any atom is -0.332 e. The smallest absolute Gasteiger partial charge is 0.266 e. The first kappa shape index (κ1) is 24.9. The number of halogens is 2. The average Bonchev–Trinajstić information content (AvgIpc) is 2.81. The van der Waals surface area contributed by atoms with Crippen LogP contribution in [-0.4, -0.2) is 32.8 Å². The third-order valence-electron chi connectivity index (χ3n) is 5.74. The first-order valence-corrected chi connectivity index (χ1v) is 12.0. The normalized spacial score (nSPS) is 12.3. The lowest BCUT2D eigenvalue weighted by Gasteiger charge is -2.33. The Labute approximate surface area is 199 Å². The van der Waals surface area contributed by atoms with E-state index in [2.05, 4.69) is 13.8 Å². The van der Waals surface area contributed by atoms with Gasteiger partial charge in [0.1, 0.15) is 11.6 Å². The predicted octanol–water partition coefficient (Wildman–Crippen LogP) is 5.87. The summed E-state index contributed by atoms with van der Waals surface area (Å²) in [6.45, 7) is 6.78. The summed E-state index contributed by atoms with van der Waals surface area (Å²) in [6, 6.07) is 12.5. The summed E-state index contributed by atoms with van der Waals surface area (Å²) in [5, 5.41) is 0.475. The summed E-state index contributed by atoms with van der Waals surface area (Å²) >= 11 is 5.85. The molecule has 2 aromatic carbocycles. The van der Waals surface area contributed by atoms with Crippen LogP contribution < -0.4 is 5.56 Å². The number of fused-ring (bicyclic) bond motifs is 1. The number of hydrogen-bond acceptors (Lipinski definition) is 3. The van der Waals surface area contributed by atoms with Crippen molar-refractivity contribution in [3.05, 3.63) is 70.5 Å². The fourth-order valence-electron chi connectivity index (χ4n) is 3.97. The Kier molecular flexibility index (Phi) is 8.61. The molecule has 0 N–H and O–H groups in total. The van der Waals surface area contributed by atoms with Gasteiger partial charge in [-0.25, -0.2) is 9.37 Å². The van der Waals surface area contributed by atoms with Crippen LogP contribution in [0.15, 0.2) is 53.3 Å². The van der Waals surface area contributed by atoms with Gasteiger partial charge in [-0.15, -0.1) is 11.6 Å². The minimum atomic E-state index is -0.408. The number of para-hydroxylation sites is 1. The van der Waals surface area contributed by atoms with Gasteiger partial charge < -0.3 is 4.90 Å². The highest BCUT2D eigenvalue weighted by Gasteiger charge is 2.28. The number of aromatic nitrogens is 2. The monoisotopic (exact) mass is 471 g/mol. The van der Waals surface area contributed by atoms with Crippen LogP contribution in [-0.2, 0) is 4.79 Å². The highest BCUT2D eigenvalue weighted by Crippen LogP contribution is 2.27. The molecule has 0 saturated carbocycles. The molecular weight excluding hydrogens is 441 g/mol. The van der Waals surface area contributed by atoms with Crippen molar-refractivity contribution < 1.29 is 9.18 Å². The Hall–Kier alpha value is -2.73. The van der Waals surface area contributed by atoms with Crippen LogP contribution >= 0.6 is 11.6 Å². The third kappa shape index (κ3) is 5.80. The zero-order valence-corrected chi connectivity index (χ0v) is 20.2. The standard InChI is InChI=1S/C26H31ClFN3O2/c1-4-23(30(17-15-18(2)3)24(32)10-7-16-27)25-29-22-9-6-5-8-21(22)26(33)31(25)20-13-11-19(28)12-14-20/h5-6,8-9,11-14,18,23H,4,7,10,15-17H2,1-3H3. The zero-order valence-electron chi connectivity index (χ0n) is 19.4. The van der Waals surface area contributed by atoms with Gasteiger partial charge in [0.25, 0.3) is 5.56 Å². The van der Waals surface area contributed by atoms with Gasteiger partial charge in [0.15, 0.2) is 0 Å². The molecule has 0 saturated heterocycles. The van der Waals surface area contributed by atoms with Crippen molar-refractivity contribution in [2.45, 2.75) is 52.5 Å². The maximum Gasteiger partial charge on any atom is 0.266 e. The lowest BCUT2D eigenvalue weighted by atomic mass is 10.1. The van der Waals surface area contributed by atoms with Crippen LogP contribution in [0.1, 0.15) is 58.3 Å². The van der Waals surface area contributed by atoms with Crippen LogP contribution in [0.2, 0.25) is 0 Å². The molecule has 0 fully saturated rings. The highest BCUT2D eigenvalue weighted by atomic mass is 35.5. The van der Waals surface area contributed by atoms with E-state index in [1.54, 1.807) is 30.3 Å². The number of carbonyl (C=O) groups is 1. The number of hydrogen-bond donors (Lipinski definition) is 0. The molecular formula is C26H31ClFN3O2. The molecule has 3 rings (SSSR count). The number of alkyl halides is 1. The summed E-state index contributed by atoms with van der Waals surface area (Å²) in [5.74, 6) is 0.917. The van der Waals surface area contributed by atoms with E-state index in [4.69, 9.17) is 16.6 Å². The van der Waals surface area contributed by atoms with Crippen LogP contribution in [0.5, 0.6) is 0 Å². The lowest BCUT2D eigenvalue weighted by molar-refractivity contribution is -0.134. The van der Waals surface area contributed by atoms with Gasteiger partial charge in [0.05, 0.1) is 22.6 Å². The summed E-state index contributed by atoms with van der Waals surface area (Å²) in [4.78, 5) is 33.5. The van der Waals surface area contributed by atoms with E-state index in [0.717, 1.165) is 6.42 Å². The molecule has 0 radical (unpaired) electrons. The molecule has 176 valence electrons. The number of rotatable bonds is 10. The van der Waals surface area contributed by atoms with E-state index >= 15 is 0 Å². The van der Waals surface area contributed by atoms with Gasteiger partial charge in [0, 0.05) is 18.8 Å². The van der Waals surface area contributed by atoms with Crippen molar-refractivity contribution in [1.29, 1.82) is 0 Å². The van der Waals surface area contributed by atoms with Crippen molar-refractivity contribution >= 4 is 28.4 Å². The second-order valence-electron chi connectivity index (χ2n) is 8.59. The molecule has 0 aliphatic carbocycles. The fraction of sp³-hybridized carbons (Fsp3) is 0.423. The number of benzene rings is 2. The van der Waals surface area contributed by atoms with Gasteiger partial charge in [-0.3, -0.25) is 14.2 Å². The van der Waals surface area contributed by atoms with Crippen molar-refractivity contribution in [3.63, 3.8) is 0 Å². The van der Waals surface area contributed by atoms with Crippen LogP contribution in [0.25, 0.3) is 16.6 Å². The van der Waals surface area contributed by atoms with Gasteiger partial charge in [-0.05, 0) is 61.6 Å². The third-order valence-corrected chi connectivity index (χ3v) is 6.01. The summed E-state index contributed by atoms with van der Waals surface area (Å²) in [7, 11) is 0. The Morgan fingerprint density at radius 2 is 1.85 bits per heavy atom. The lowest BCUT2D eigenvalue weighted by Crippen LogP contribution is -2.39. The molecule has 1 amide bonds. The Morgan fingerprint density at radius 1 is 1.15 bits per heavy atom. The van der Waals surface area contributed by atoms with E-state index in [9.17, 15) is 14.0 Å². The molecule has 1 heterocycles. The molecule has 1 unspecified atom stereocenters. The van der Waals surface area contributed by atoms with Gasteiger partial charge in [0.2, 0.25) is 5.91 Å². The number of nitrogens with zero attached hydrogens (tertiary/aromatic N) is 3. The quantitative estimate of drug-likeness (QED) is 0.347. The Morgan fingerprint density at radius 3 is 2.48 bits per heavy atom. The SMILES string of the molecule is CCC(c1nc2ccccc2c(=O)n1-c1ccc(F)cc1)N(CCC(C)C)C(=O)CCCCl. The van der Waals surface area contributed by atoms with E-state index in [0.29, 0.717) is 60.0 Å². The molecule has 7 heteroatoms. The second-order valence-corrected chi connectivity index (χ2v) is 8.97. The molecule has 1 aromatic heterocycles. The highest BCUT2D eigenvalue weighted by molar-refractivity contribution is 6.17. The van der Waals surface area contributed by atoms with E-state index < -0.39 is 6.04 Å². The van der Waals surface area contributed by atoms with Crippen molar-refractivity contribution in [2.24, 2.45) is 5.92 Å². The average molecular weight is 472 g/mol. The molecule has 0 bridgehead atoms. The minimum absolute atomic E-state index is 0.00351. The first-order chi connectivity index (χ1) is 15.9. The first-order valence-electron chi connectivity index (χ1n) is 11.5. The fourth-order valence-corrected chi connectivity index (χ4v) is 4.10. The van der Waals surface area contributed by atoms with E-state index in [1.807, 2.05) is 17.9 Å². The summed E-state index contributed by atoms with van der Waals surface area (Å²) < 4.78 is 15.2. The molecule has 5 nitrogen and oxygen atoms in total. The number of amides is 1. The van der Waals surface area contributed by atoms with Gasteiger partial charge in [-0.2, -0.15) is 0 Å². The van der Waals surface area contributed by atoms with Gasteiger partial charge >= 0.3 is 0 Å². The molecule has 3 aromatic rings. The van der Waals surface area contributed by atoms with E-state index in [-0.39, 0.29) is 17.3 Å². The maximum absolute atomic E-state index is 13.6. The predicted molar refractivity (Wildman–Crippen MR) is 131 cm³/mol. The van der Waals surface area contributed by atoms with E-state index in [1.165, 1.54) is 16.7 Å². The van der Waals surface area contributed by atoms with Crippen molar-refractivity contribution in [2.75, 3.05) is 12.4 Å². The van der Waals surface area contributed by atoms with Crippen molar-refractivity contribution in [1.82, 2.24) is 14.5 Å². The summed E-state index contributed by atoms with van der Waals surface area (Å²) in [5.41, 5.74) is 0.856. The number of carbonyl (C=O) groups excluding carboxylic acids is 1. The molecule has 0 spiro atoms. The Bertz CT molecular complexity index is 1140. The molecule has 1 atom stereocenters. The molecule has 0 aliphatic heterocycles.